The topological polar surface area (TPSA) is 29.1 Å². The van der Waals surface area contributed by atoms with Crippen molar-refractivity contribution in [2.24, 2.45) is 0 Å². The summed E-state index contributed by atoms with van der Waals surface area (Å²) >= 11 is 0. The number of rotatable bonds is 3. The van der Waals surface area contributed by atoms with Gasteiger partial charge in [0.25, 0.3) is 0 Å². The third kappa shape index (κ3) is 2.01. The molecular weight excluding hydrogens is 126 g/mol. The highest BCUT2D eigenvalue weighted by Gasteiger charge is 2.19. The van der Waals surface area contributed by atoms with Gasteiger partial charge in [-0.05, 0) is 12.8 Å². The zero-order valence-electron chi connectivity index (χ0n) is 6.52. The summed E-state index contributed by atoms with van der Waals surface area (Å²) in [6, 6.07) is 0.493. The van der Waals surface area contributed by atoms with E-state index in [1.54, 1.807) is 0 Å². The van der Waals surface area contributed by atoms with E-state index in [4.69, 9.17) is 0 Å². The average molecular weight is 141 g/mol. The van der Waals surface area contributed by atoms with Crippen molar-refractivity contribution in [2.75, 3.05) is 0 Å². The molecule has 0 radical (unpaired) electrons. The number of carbonyl (C=O) groups excluding carboxylic acids is 1. The highest BCUT2D eigenvalue weighted by atomic mass is 16.1. The summed E-state index contributed by atoms with van der Waals surface area (Å²) < 4.78 is 0. The van der Waals surface area contributed by atoms with Crippen LogP contribution in [0.1, 0.15) is 39.0 Å². The smallest absolute Gasteiger partial charge is 0.220 e. The van der Waals surface area contributed by atoms with Crippen LogP contribution in [0.25, 0.3) is 0 Å². The van der Waals surface area contributed by atoms with Gasteiger partial charge in [-0.1, -0.05) is 19.8 Å². The van der Waals surface area contributed by atoms with E-state index in [-0.39, 0.29) is 5.91 Å². The van der Waals surface area contributed by atoms with Gasteiger partial charge in [0.15, 0.2) is 0 Å². The molecule has 2 heteroatoms. The minimum Gasteiger partial charge on any atom is -0.353 e. The van der Waals surface area contributed by atoms with E-state index in [9.17, 15) is 4.79 Å². The summed E-state index contributed by atoms with van der Waals surface area (Å²) in [5, 5.41) is 2.95. The number of amides is 1. The lowest BCUT2D eigenvalue weighted by atomic mass is 10.1. The Hall–Kier alpha value is -0.530. The van der Waals surface area contributed by atoms with Crippen LogP contribution in [0.2, 0.25) is 0 Å². The van der Waals surface area contributed by atoms with Gasteiger partial charge < -0.3 is 5.32 Å². The van der Waals surface area contributed by atoms with Crippen LogP contribution in [-0.2, 0) is 4.79 Å². The molecule has 1 N–H and O–H groups in total. The molecule has 1 aliphatic heterocycles. The lowest BCUT2D eigenvalue weighted by Crippen LogP contribution is -2.24. The molecule has 10 heavy (non-hydrogen) atoms. The van der Waals surface area contributed by atoms with Crippen LogP contribution in [0, 0.1) is 0 Å². The Balaban J connectivity index is 2.12. The first kappa shape index (κ1) is 7.58. The van der Waals surface area contributed by atoms with Gasteiger partial charge in [0.05, 0.1) is 0 Å². The largest absolute Gasteiger partial charge is 0.353 e. The van der Waals surface area contributed by atoms with Crippen LogP contribution in [0.3, 0.4) is 0 Å². The molecule has 0 unspecified atom stereocenters. The molecule has 1 rings (SSSR count). The van der Waals surface area contributed by atoms with Crippen molar-refractivity contribution >= 4 is 5.91 Å². The predicted molar refractivity (Wildman–Crippen MR) is 40.7 cm³/mol. The highest BCUT2D eigenvalue weighted by molar-refractivity contribution is 5.78. The second-order valence-electron chi connectivity index (χ2n) is 2.95. The fourth-order valence-corrected chi connectivity index (χ4v) is 1.34. The highest BCUT2D eigenvalue weighted by Crippen LogP contribution is 2.12. The maximum Gasteiger partial charge on any atom is 0.220 e. The predicted octanol–water partition coefficient (Wildman–Crippen LogP) is 1.46. The molecule has 0 spiro atoms. The van der Waals surface area contributed by atoms with Gasteiger partial charge in [-0.25, -0.2) is 0 Å². The molecule has 1 saturated heterocycles. The Kier molecular flexibility index (Phi) is 2.72. The maximum absolute atomic E-state index is 10.7. The third-order valence-corrected chi connectivity index (χ3v) is 1.99. The zero-order valence-corrected chi connectivity index (χ0v) is 6.52. The van der Waals surface area contributed by atoms with E-state index >= 15 is 0 Å². The molecule has 1 aliphatic rings. The van der Waals surface area contributed by atoms with Gasteiger partial charge in [-0.15, -0.1) is 0 Å². The lowest BCUT2D eigenvalue weighted by molar-refractivity contribution is -0.119. The van der Waals surface area contributed by atoms with Gasteiger partial charge >= 0.3 is 0 Å². The average Bonchev–Trinajstić information content (AvgIpc) is 2.31. The van der Waals surface area contributed by atoms with Crippen LogP contribution in [-0.4, -0.2) is 11.9 Å². The molecule has 0 saturated carbocycles. The fourth-order valence-electron chi connectivity index (χ4n) is 1.34. The van der Waals surface area contributed by atoms with Crippen molar-refractivity contribution in [1.82, 2.24) is 5.32 Å². The van der Waals surface area contributed by atoms with E-state index in [1.807, 2.05) is 0 Å². The van der Waals surface area contributed by atoms with Gasteiger partial charge in [0.1, 0.15) is 0 Å². The molecule has 1 atom stereocenters. The van der Waals surface area contributed by atoms with E-state index in [0.717, 1.165) is 12.8 Å². The summed E-state index contributed by atoms with van der Waals surface area (Å²) in [7, 11) is 0. The summed E-state index contributed by atoms with van der Waals surface area (Å²) in [6.45, 7) is 2.18. The molecule has 1 heterocycles. The summed E-state index contributed by atoms with van der Waals surface area (Å²) in [5.41, 5.74) is 0. The Morgan fingerprint density at radius 3 is 3.00 bits per heavy atom. The second kappa shape index (κ2) is 3.59. The minimum absolute atomic E-state index is 0.237. The van der Waals surface area contributed by atoms with Crippen molar-refractivity contribution in [1.29, 1.82) is 0 Å². The first-order chi connectivity index (χ1) is 4.83. The van der Waals surface area contributed by atoms with Gasteiger partial charge in [0, 0.05) is 12.5 Å². The van der Waals surface area contributed by atoms with Crippen LogP contribution >= 0.6 is 0 Å². The van der Waals surface area contributed by atoms with Crippen LogP contribution in [0.15, 0.2) is 0 Å². The third-order valence-electron chi connectivity index (χ3n) is 1.99. The fraction of sp³-hybridized carbons (Fsp3) is 0.875. The normalized spacial score (nSPS) is 24.9. The minimum atomic E-state index is 0.237. The molecule has 2 nitrogen and oxygen atoms in total. The van der Waals surface area contributed by atoms with Crippen molar-refractivity contribution in [3.63, 3.8) is 0 Å². The van der Waals surface area contributed by atoms with E-state index in [1.165, 1.54) is 19.3 Å². The molecule has 0 aromatic heterocycles. The number of hydrogen-bond donors (Lipinski definition) is 1. The van der Waals surface area contributed by atoms with Gasteiger partial charge in [-0.3, -0.25) is 4.79 Å². The molecule has 0 aliphatic carbocycles. The molecule has 0 bridgehead atoms. The number of hydrogen-bond acceptors (Lipinski definition) is 1. The van der Waals surface area contributed by atoms with Crippen LogP contribution in [0.5, 0.6) is 0 Å². The molecule has 0 aromatic carbocycles. The molecule has 1 amide bonds. The van der Waals surface area contributed by atoms with E-state index in [0.29, 0.717) is 6.04 Å². The lowest BCUT2D eigenvalue weighted by Gasteiger charge is -2.06. The Morgan fingerprint density at radius 2 is 2.50 bits per heavy atom. The van der Waals surface area contributed by atoms with E-state index < -0.39 is 0 Å². The molecule has 0 aromatic rings. The molecule has 58 valence electrons. The number of unbranched alkanes of at least 4 members (excludes halogenated alkanes) is 1. The van der Waals surface area contributed by atoms with Crippen LogP contribution in [0.4, 0.5) is 0 Å². The molecular formula is C8H15NO. The zero-order chi connectivity index (χ0) is 7.40. The van der Waals surface area contributed by atoms with Crippen molar-refractivity contribution in [3.05, 3.63) is 0 Å². The summed E-state index contributed by atoms with van der Waals surface area (Å²) in [4.78, 5) is 10.7. The standard InChI is InChI=1S/C8H15NO/c1-2-3-4-7-5-6-8(10)9-7/h7H,2-6H2,1H3,(H,9,10)/t7-/m1/s1. The Labute approximate surface area is 62.0 Å². The number of nitrogens with one attached hydrogen (secondary N) is 1. The summed E-state index contributed by atoms with van der Waals surface area (Å²) in [6.07, 6.45) is 5.44. The first-order valence-corrected chi connectivity index (χ1v) is 4.12. The first-order valence-electron chi connectivity index (χ1n) is 4.12. The SMILES string of the molecule is CCCC[C@@H]1CCC(=O)N1. The van der Waals surface area contributed by atoms with Crippen molar-refractivity contribution in [3.8, 4) is 0 Å². The van der Waals surface area contributed by atoms with E-state index in [2.05, 4.69) is 12.2 Å². The Bertz CT molecular complexity index is 122. The maximum atomic E-state index is 10.7. The Morgan fingerprint density at radius 1 is 1.70 bits per heavy atom. The van der Waals surface area contributed by atoms with Crippen LogP contribution < -0.4 is 5.32 Å². The van der Waals surface area contributed by atoms with Gasteiger partial charge in [-0.2, -0.15) is 0 Å². The van der Waals surface area contributed by atoms with Crippen molar-refractivity contribution < 1.29 is 4.79 Å². The monoisotopic (exact) mass is 141 g/mol. The van der Waals surface area contributed by atoms with Gasteiger partial charge in [0.2, 0.25) is 5.91 Å². The number of carbonyl (C=O) groups is 1. The molecule has 1 fully saturated rings. The quantitative estimate of drug-likeness (QED) is 0.633. The second-order valence-corrected chi connectivity index (χ2v) is 2.95. The summed E-state index contributed by atoms with van der Waals surface area (Å²) in [5.74, 6) is 0.237. The van der Waals surface area contributed by atoms with Crippen molar-refractivity contribution in [2.45, 2.75) is 45.1 Å².